The second kappa shape index (κ2) is 9.52. The van der Waals surface area contributed by atoms with Gasteiger partial charge in [0.1, 0.15) is 23.4 Å². The van der Waals surface area contributed by atoms with E-state index in [1.807, 2.05) is 6.07 Å². The van der Waals surface area contributed by atoms with Gasteiger partial charge in [0.25, 0.3) is 0 Å². The maximum absolute atomic E-state index is 13.5. The summed E-state index contributed by atoms with van der Waals surface area (Å²) in [6, 6.07) is 12.0. The zero-order valence-electron chi connectivity index (χ0n) is 18.5. The van der Waals surface area contributed by atoms with Crippen LogP contribution in [0.25, 0.3) is 0 Å². The Morgan fingerprint density at radius 2 is 1.79 bits per heavy atom. The Bertz CT molecular complexity index is 1050. The highest BCUT2D eigenvalue weighted by Gasteiger charge is 2.48. The van der Waals surface area contributed by atoms with Crippen molar-refractivity contribution in [1.29, 1.82) is 0 Å². The quantitative estimate of drug-likeness (QED) is 0.585. The van der Waals surface area contributed by atoms with E-state index in [9.17, 15) is 27.5 Å². The van der Waals surface area contributed by atoms with Gasteiger partial charge in [-0.25, -0.2) is 4.39 Å². The third-order valence-corrected chi connectivity index (χ3v) is 6.23. The lowest BCUT2D eigenvalue weighted by Gasteiger charge is -2.33. The predicted octanol–water partition coefficient (Wildman–Crippen LogP) is 5.09. The van der Waals surface area contributed by atoms with Crippen LogP contribution in [0.1, 0.15) is 26.2 Å². The number of rotatable bonds is 6. The van der Waals surface area contributed by atoms with Crippen molar-refractivity contribution in [2.45, 2.75) is 44.5 Å². The van der Waals surface area contributed by atoms with E-state index >= 15 is 0 Å². The monoisotopic (exact) mass is 479 g/mol. The Morgan fingerprint density at radius 3 is 2.38 bits per heavy atom. The maximum atomic E-state index is 13.5. The topological polar surface area (TPSA) is 65.4 Å². The summed E-state index contributed by atoms with van der Waals surface area (Å²) in [6.07, 6.45) is -3.67. The van der Waals surface area contributed by atoms with Gasteiger partial charge in [-0.1, -0.05) is 13.0 Å². The molecule has 2 aliphatic heterocycles. The van der Waals surface area contributed by atoms with Gasteiger partial charge in [0, 0.05) is 37.5 Å². The zero-order chi connectivity index (χ0) is 24.5. The molecule has 0 aliphatic carbocycles. The van der Waals surface area contributed by atoms with Gasteiger partial charge in [0.15, 0.2) is 0 Å². The molecule has 0 bridgehead atoms. The minimum atomic E-state index is -4.63. The van der Waals surface area contributed by atoms with Crippen LogP contribution in [0.5, 0.6) is 5.75 Å². The number of alkyl halides is 3. The van der Waals surface area contributed by atoms with Crippen LogP contribution in [0.2, 0.25) is 0 Å². The third-order valence-electron chi connectivity index (χ3n) is 6.23. The lowest BCUT2D eigenvalue weighted by molar-refractivity contribution is -0.137. The smallest absolute Gasteiger partial charge is 0.431 e. The lowest BCUT2D eigenvalue weighted by Crippen LogP contribution is -2.38. The van der Waals surface area contributed by atoms with Crippen LogP contribution in [-0.2, 0) is 4.79 Å². The molecule has 0 spiro atoms. The Kier molecular flexibility index (Phi) is 6.67. The van der Waals surface area contributed by atoms with Crippen LogP contribution in [0.15, 0.2) is 53.6 Å². The molecule has 6 nitrogen and oxygen atoms in total. The van der Waals surface area contributed by atoms with Gasteiger partial charge in [0.05, 0.1) is 18.2 Å². The molecule has 182 valence electrons. The second-order valence-electron chi connectivity index (χ2n) is 8.56. The number of hydrogen-bond acceptors (Lipinski definition) is 5. The van der Waals surface area contributed by atoms with Crippen molar-refractivity contribution in [3.05, 3.63) is 54.3 Å². The fourth-order valence-corrected chi connectivity index (χ4v) is 4.46. The Balaban J connectivity index is 1.40. The van der Waals surface area contributed by atoms with E-state index in [4.69, 9.17) is 4.74 Å². The molecule has 1 saturated heterocycles. The van der Waals surface area contributed by atoms with E-state index in [1.54, 1.807) is 30.3 Å². The van der Waals surface area contributed by atoms with Gasteiger partial charge in [-0.15, -0.1) is 0 Å². The first-order valence-corrected chi connectivity index (χ1v) is 11.1. The van der Waals surface area contributed by atoms with E-state index in [2.05, 4.69) is 10.0 Å². The van der Waals surface area contributed by atoms with Crippen molar-refractivity contribution in [3.63, 3.8) is 0 Å². The van der Waals surface area contributed by atoms with Crippen molar-refractivity contribution < 1.29 is 32.2 Å². The van der Waals surface area contributed by atoms with Gasteiger partial charge in [-0.05, 0) is 42.5 Å². The number of carboxylic acids is 1. The molecule has 2 unspecified atom stereocenters. The van der Waals surface area contributed by atoms with Crippen molar-refractivity contribution in [2.75, 3.05) is 23.0 Å². The van der Waals surface area contributed by atoms with Crippen molar-refractivity contribution in [1.82, 2.24) is 0 Å². The molecule has 0 amide bonds. The van der Waals surface area contributed by atoms with E-state index in [0.717, 1.165) is 23.5 Å². The molecule has 34 heavy (non-hydrogen) atoms. The number of ether oxygens (including phenoxy) is 1. The molecule has 1 fully saturated rings. The standard InChI is InChI=1S/C24H25F4N3O3/c1-15-21(14-22(32)33)31(29-23(15)24(26,27)28)17-5-7-19(8-6-17)34-20-9-11-30(12-10-20)18-4-2-3-16(25)13-18/h2-8,13,15,20-21H,9-12,14H2,1H3,(H,32,33). The van der Waals surface area contributed by atoms with Crippen LogP contribution < -0.4 is 14.6 Å². The van der Waals surface area contributed by atoms with Crippen molar-refractivity contribution in [2.24, 2.45) is 11.0 Å². The highest BCUT2D eigenvalue weighted by Crippen LogP contribution is 2.37. The third kappa shape index (κ3) is 5.26. The Hall–Kier alpha value is -3.30. The molecule has 2 aromatic carbocycles. The number of hydrogen-bond donors (Lipinski definition) is 1. The number of hydrazone groups is 1. The molecule has 0 radical (unpaired) electrons. The first-order valence-electron chi connectivity index (χ1n) is 11.1. The lowest BCUT2D eigenvalue weighted by atomic mass is 9.94. The number of nitrogens with zero attached hydrogens (tertiary/aromatic N) is 3. The van der Waals surface area contributed by atoms with Crippen LogP contribution >= 0.6 is 0 Å². The summed E-state index contributed by atoms with van der Waals surface area (Å²) in [6.45, 7) is 2.76. The van der Waals surface area contributed by atoms with Gasteiger partial charge < -0.3 is 14.7 Å². The Morgan fingerprint density at radius 1 is 1.12 bits per heavy atom. The normalized spacial score (nSPS) is 21.5. The van der Waals surface area contributed by atoms with Crippen LogP contribution in [0.3, 0.4) is 0 Å². The molecular formula is C24H25F4N3O3. The van der Waals surface area contributed by atoms with Crippen LogP contribution in [0.4, 0.5) is 28.9 Å². The summed E-state index contributed by atoms with van der Waals surface area (Å²) in [7, 11) is 0. The first kappa shape index (κ1) is 23.8. The average Bonchev–Trinajstić information content (AvgIpc) is 3.11. The summed E-state index contributed by atoms with van der Waals surface area (Å²) in [5, 5.41) is 14.0. The van der Waals surface area contributed by atoms with Crippen molar-refractivity contribution in [3.8, 4) is 5.75 Å². The minimum absolute atomic E-state index is 0.0444. The highest BCUT2D eigenvalue weighted by atomic mass is 19.4. The average molecular weight is 479 g/mol. The Labute approximate surface area is 194 Å². The van der Waals surface area contributed by atoms with E-state index in [-0.39, 0.29) is 11.9 Å². The molecule has 2 atom stereocenters. The summed E-state index contributed by atoms with van der Waals surface area (Å²) in [5.41, 5.74) is 0.215. The van der Waals surface area contributed by atoms with Gasteiger partial charge in [-0.2, -0.15) is 18.3 Å². The second-order valence-corrected chi connectivity index (χ2v) is 8.56. The molecule has 4 rings (SSSR count). The van der Waals surface area contributed by atoms with Crippen LogP contribution in [-0.4, -0.2) is 48.2 Å². The minimum Gasteiger partial charge on any atom is -0.490 e. The number of piperidine rings is 1. The fraction of sp³-hybridized carbons (Fsp3) is 0.417. The van der Waals surface area contributed by atoms with Gasteiger partial charge in [0.2, 0.25) is 0 Å². The molecule has 0 aromatic heterocycles. The number of carboxylic acid groups (broad SMARTS) is 1. The largest absolute Gasteiger partial charge is 0.490 e. The van der Waals surface area contributed by atoms with Gasteiger partial charge in [-0.3, -0.25) is 9.80 Å². The predicted molar refractivity (Wildman–Crippen MR) is 120 cm³/mol. The van der Waals surface area contributed by atoms with Crippen molar-refractivity contribution >= 4 is 23.1 Å². The molecule has 0 saturated carbocycles. The maximum Gasteiger partial charge on any atom is 0.431 e. The molecule has 10 heteroatoms. The summed E-state index contributed by atoms with van der Waals surface area (Å²) in [5.74, 6) is -1.98. The van der Waals surface area contributed by atoms with Crippen LogP contribution in [0, 0.1) is 11.7 Å². The number of benzene rings is 2. The summed E-state index contributed by atoms with van der Waals surface area (Å²) >= 11 is 0. The highest BCUT2D eigenvalue weighted by molar-refractivity contribution is 5.95. The number of aliphatic carboxylic acids is 1. The van der Waals surface area contributed by atoms with E-state index in [0.29, 0.717) is 24.5 Å². The van der Waals surface area contributed by atoms with E-state index in [1.165, 1.54) is 19.1 Å². The molecule has 1 N–H and O–H groups in total. The molecule has 2 aliphatic rings. The summed E-state index contributed by atoms with van der Waals surface area (Å²) < 4.78 is 59.5. The van der Waals surface area contributed by atoms with Gasteiger partial charge >= 0.3 is 12.1 Å². The zero-order valence-corrected chi connectivity index (χ0v) is 18.5. The first-order chi connectivity index (χ1) is 16.1. The SMILES string of the molecule is CC1C(C(F)(F)F)=NN(c2ccc(OC3CCN(c4cccc(F)c4)CC3)cc2)C1CC(=O)O. The molecular weight excluding hydrogens is 454 g/mol. The summed E-state index contributed by atoms with van der Waals surface area (Å²) in [4.78, 5) is 13.3. The number of anilines is 2. The van der Waals surface area contributed by atoms with E-state index < -0.39 is 36.2 Å². The number of carbonyl (C=O) groups is 1. The number of halogens is 4. The molecule has 2 heterocycles. The fourth-order valence-electron chi connectivity index (χ4n) is 4.46. The molecule has 2 aromatic rings.